The summed E-state index contributed by atoms with van der Waals surface area (Å²) in [5, 5.41) is 36.3. The number of nitrogens with two attached hydrogens (primary N) is 1. The Morgan fingerprint density at radius 1 is 0.793 bits per heavy atom. The number of Topliss-reactive ketones (excluding diaryl/α,β-unsaturated/α-hetero) is 1. The van der Waals surface area contributed by atoms with E-state index in [1.807, 2.05) is 10.9 Å². The molecule has 0 rings (SSSR count). The summed E-state index contributed by atoms with van der Waals surface area (Å²) in [5.41, 5.74) is 2.91. The Morgan fingerprint density at radius 3 is 1.38 bits per heavy atom. The van der Waals surface area contributed by atoms with Crippen LogP contribution >= 0.6 is 0 Å². The fraction of sp³-hybridized carbons (Fsp3) is 0.750. The number of rotatable bonds is 5. The molecule has 0 radical (unpaired) electrons. The highest BCUT2D eigenvalue weighted by atomic mass is 16.6. The van der Waals surface area contributed by atoms with E-state index in [1.165, 1.54) is 0 Å². The maximum absolute atomic E-state index is 11.0. The number of ketones is 1. The number of hydrazine groups is 1. The minimum absolute atomic E-state index is 0.0656. The summed E-state index contributed by atoms with van der Waals surface area (Å²) in [5.74, 6) is 4.21. The molecular weight excluding hydrogens is 392 g/mol. The van der Waals surface area contributed by atoms with Gasteiger partial charge in [-0.05, 0) is 41.5 Å². The molecule has 0 aromatic rings. The maximum atomic E-state index is 11.0. The fourth-order valence-corrected chi connectivity index (χ4v) is 0.904. The standard InChI is InChI=1S/C8H16N2O4.C5H12N2O2.C3H6O3/c1-8(2,3)14-7(13)10-9-6(4-11)5-12;1-5(2,3)9-4(8)7-6;4-1-3(6)2-5/h11-12H,4-5H2,1-3H3,(H,10,13);6H2,1-3H3,(H,7,8);4-5H,1-2H2. The largest absolute Gasteiger partial charge is 0.443 e. The SMILES string of the molecule is CC(C)(C)OC(=O)NN.CC(C)(C)OC(=O)NN=C(CO)CO.O=C(CO)CO. The number of hydrogen-bond donors (Lipinski definition) is 7. The van der Waals surface area contributed by atoms with Crippen molar-refractivity contribution in [1.29, 1.82) is 0 Å². The summed E-state index contributed by atoms with van der Waals surface area (Å²) < 4.78 is 9.57. The smallest absolute Gasteiger partial charge is 0.428 e. The third-order valence-corrected chi connectivity index (χ3v) is 1.94. The molecule has 0 aromatic heterocycles. The fourth-order valence-electron chi connectivity index (χ4n) is 0.904. The summed E-state index contributed by atoms with van der Waals surface area (Å²) in [4.78, 5) is 31.0. The van der Waals surface area contributed by atoms with Crippen molar-refractivity contribution in [1.82, 2.24) is 10.9 Å². The molecule has 0 bridgehead atoms. The quantitative estimate of drug-likeness (QED) is 0.120. The minimum atomic E-state index is -0.725. The number of amides is 2. The van der Waals surface area contributed by atoms with Crippen molar-refractivity contribution in [3.8, 4) is 0 Å². The molecular formula is C16H34N4O9. The first-order valence-corrected chi connectivity index (χ1v) is 8.34. The Hall–Kier alpha value is -2.32. The molecule has 0 saturated carbocycles. The van der Waals surface area contributed by atoms with E-state index < -0.39 is 55.6 Å². The lowest BCUT2D eigenvalue weighted by atomic mass is 10.2. The predicted octanol–water partition coefficient (Wildman–Crippen LogP) is -1.22. The van der Waals surface area contributed by atoms with Gasteiger partial charge in [-0.15, -0.1) is 0 Å². The van der Waals surface area contributed by atoms with Crippen LogP contribution in [0.3, 0.4) is 0 Å². The van der Waals surface area contributed by atoms with Gasteiger partial charge in [0.25, 0.3) is 0 Å². The van der Waals surface area contributed by atoms with E-state index in [1.54, 1.807) is 41.5 Å². The Kier molecular flexibility index (Phi) is 18.0. The number of aliphatic hydroxyl groups excluding tert-OH is 4. The zero-order valence-electron chi connectivity index (χ0n) is 17.7. The van der Waals surface area contributed by atoms with Gasteiger partial charge >= 0.3 is 12.2 Å². The molecule has 172 valence electrons. The lowest BCUT2D eigenvalue weighted by Gasteiger charge is -2.18. The van der Waals surface area contributed by atoms with Gasteiger partial charge in [-0.25, -0.2) is 20.9 Å². The van der Waals surface area contributed by atoms with Crippen LogP contribution in [0.15, 0.2) is 5.10 Å². The monoisotopic (exact) mass is 426 g/mol. The van der Waals surface area contributed by atoms with E-state index in [4.69, 9.17) is 35.7 Å². The van der Waals surface area contributed by atoms with Crippen molar-refractivity contribution in [2.45, 2.75) is 52.7 Å². The Bertz CT molecular complexity index is 500. The van der Waals surface area contributed by atoms with Crippen LogP contribution in [0.5, 0.6) is 0 Å². The van der Waals surface area contributed by atoms with Crippen LogP contribution in [-0.4, -0.2) is 81.7 Å². The average molecular weight is 426 g/mol. The minimum Gasteiger partial charge on any atom is -0.443 e. The van der Waals surface area contributed by atoms with E-state index >= 15 is 0 Å². The van der Waals surface area contributed by atoms with Crippen LogP contribution in [0.4, 0.5) is 9.59 Å². The normalized spacial score (nSPS) is 10.2. The van der Waals surface area contributed by atoms with Gasteiger partial charge in [0, 0.05) is 0 Å². The molecule has 13 heteroatoms. The van der Waals surface area contributed by atoms with Crippen molar-refractivity contribution in [3.05, 3.63) is 0 Å². The summed E-state index contributed by atoms with van der Waals surface area (Å²) in [6.07, 6.45) is -1.33. The second-order valence-electron chi connectivity index (χ2n) is 7.11. The zero-order valence-corrected chi connectivity index (χ0v) is 17.7. The third kappa shape index (κ3) is 28.0. The first-order chi connectivity index (χ1) is 13.1. The molecule has 13 nitrogen and oxygen atoms in total. The third-order valence-electron chi connectivity index (χ3n) is 1.94. The Balaban J connectivity index is -0.000000386. The number of nitrogens with zero attached hydrogens (tertiary/aromatic N) is 1. The molecule has 2 amide bonds. The second kappa shape index (κ2) is 16.6. The number of carbonyl (C=O) groups is 3. The van der Waals surface area contributed by atoms with E-state index in [2.05, 4.69) is 5.10 Å². The highest BCUT2D eigenvalue weighted by Crippen LogP contribution is 2.06. The first kappa shape index (κ1) is 31.4. The van der Waals surface area contributed by atoms with Crippen LogP contribution in [0, 0.1) is 0 Å². The van der Waals surface area contributed by atoms with Gasteiger partial charge in [0.15, 0.2) is 5.78 Å². The van der Waals surface area contributed by atoms with Crippen molar-refractivity contribution >= 4 is 23.7 Å². The second-order valence-corrected chi connectivity index (χ2v) is 7.11. The van der Waals surface area contributed by atoms with Gasteiger partial charge in [-0.2, -0.15) is 5.10 Å². The first-order valence-electron chi connectivity index (χ1n) is 8.34. The predicted molar refractivity (Wildman–Crippen MR) is 104 cm³/mol. The topological polar surface area (TPSA) is 213 Å². The highest BCUT2D eigenvalue weighted by Gasteiger charge is 2.15. The summed E-state index contributed by atoms with van der Waals surface area (Å²) in [7, 11) is 0. The van der Waals surface area contributed by atoms with Gasteiger partial charge in [-0.1, -0.05) is 0 Å². The lowest BCUT2D eigenvalue weighted by Crippen LogP contribution is -2.36. The Labute approximate surface area is 169 Å². The van der Waals surface area contributed by atoms with Crippen LogP contribution in [0.25, 0.3) is 0 Å². The van der Waals surface area contributed by atoms with E-state index in [9.17, 15) is 14.4 Å². The number of nitrogens with one attached hydrogen (secondary N) is 2. The van der Waals surface area contributed by atoms with Crippen LogP contribution < -0.4 is 16.7 Å². The molecule has 8 N–H and O–H groups in total. The van der Waals surface area contributed by atoms with Gasteiger partial charge < -0.3 is 29.9 Å². The molecule has 0 aliphatic heterocycles. The van der Waals surface area contributed by atoms with Crippen LogP contribution in [-0.2, 0) is 14.3 Å². The van der Waals surface area contributed by atoms with Gasteiger partial charge in [0.1, 0.15) is 24.4 Å². The molecule has 0 aromatic carbocycles. The number of carbonyl (C=O) groups excluding carboxylic acids is 3. The summed E-state index contributed by atoms with van der Waals surface area (Å²) in [6.45, 7) is 8.51. The van der Waals surface area contributed by atoms with Gasteiger partial charge in [-0.3, -0.25) is 10.2 Å². The molecule has 29 heavy (non-hydrogen) atoms. The maximum Gasteiger partial charge on any atom is 0.428 e. The molecule has 0 aliphatic carbocycles. The molecule has 0 unspecified atom stereocenters. The van der Waals surface area contributed by atoms with Crippen molar-refractivity contribution in [3.63, 3.8) is 0 Å². The van der Waals surface area contributed by atoms with E-state index in [-0.39, 0.29) is 5.71 Å². The number of hydrazone groups is 1. The molecule has 0 fully saturated rings. The molecule has 0 atom stereocenters. The van der Waals surface area contributed by atoms with Crippen molar-refractivity contribution in [2.24, 2.45) is 10.9 Å². The summed E-state index contributed by atoms with van der Waals surface area (Å²) >= 11 is 0. The van der Waals surface area contributed by atoms with Crippen molar-refractivity contribution in [2.75, 3.05) is 26.4 Å². The van der Waals surface area contributed by atoms with Crippen molar-refractivity contribution < 1.29 is 44.3 Å². The lowest BCUT2D eigenvalue weighted by molar-refractivity contribution is -0.124. The number of aliphatic hydroxyl groups is 4. The van der Waals surface area contributed by atoms with Gasteiger partial charge in [0.05, 0.1) is 18.9 Å². The van der Waals surface area contributed by atoms with Crippen LogP contribution in [0.2, 0.25) is 0 Å². The molecule has 0 heterocycles. The highest BCUT2D eigenvalue weighted by molar-refractivity contribution is 5.87. The number of ether oxygens (including phenoxy) is 2. The summed E-state index contributed by atoms with van der Waals surface area (Å²) in [6, 6.07) is 0. The molecule has 0 saturated heterocycles. The molecule has 0 aliphatic rings. The average Bonchev–Trinajstić information content (AvgIpc) is 2.60. The van der Waals surface area contributed by atoms with E-state index in [0.29, 0.717) is 0 Å². The Morgan fingerprint density at radius 2 is 1.17 bits per heavy atom. The zero-order chi connectivity index (χ0) is 23.7. The molecule has 0 spiro atoms. The van der Waals surface area contributed by atoms with Crippen LogP contribution in [0.1, 0.15) is 41.5 Å². The van der Waals surface area contributed by atoms with E-state index in [0.717, 1.165) is 0 Å². The number of hydrogen-bond acceptors (Lipinski definition) is 11. The van der Waals surface area contributed by atoms with Gasteiger partial charge in [0.2, 0.25) is 0 Å².